The molecule has 132 heavy (non-hydrogen) atoms. The van der Waals surface area contributed by atoms with E-state index in [-0.39, 0.29) is 0 Å². The zero-order valence-electron chi connectivity index (χ0n) is 72.3. The summed E-state index contributed by atoms with van der Waals surface area (Å²) in [6, 6.07) is 188. The summed E-state index contributed by atoms with van der Waals surface area (Å²) in [7, 11) is 0. The fraction of sp³-hybridized carbons (Fsp3) is 0. The Labute approximate surface area is 766 Å². The van der Waals surface area contributed by atoms with Crippen LogP contribution in [0.15, 0.2) is 510 Å². The van der Waals surface area contributed by atoms with Crippen molar-refractivity contribution in [2.45, 2.75) is 0 Å². The zero-order chi connectivity index (χ0) is 87.1. The first-order valence-corrected chi connectivity index (χ1v) is 45.5. The summed E-state index contributed by atoms with van der Waals surface area (Å²) in [6.07, 6.45) is 0. The van der Waals surface area contributed by atoms with Crippen LogP contribution in [-0.4, -0.2) is 9.13 Å². The largest absolute Gasteiger partial charge is 0.311 e. The van der Waals surface area contributed by atoms with Crippen molar-refractivity contribution in [3.63, 3.8) is 0 Å². The Bertz CT molecular complexity index is 8630. The minimum Gasteiger partial charge on any atom is -0.311 e. The van der Waals surface area contributed by atoms with E-state index in [9.17, 15) is 0 Å². The smallest absolute Gasteiger partial charge is 0.0541 e. The number of nitrogens with zero attached hydrogens (tertiary/aromatic N) is 4. The molecule has 0 aliphatic rings. The van der Waals surface area contributed by atoms with Crippen molar-refractivity contribution < 1.29 is 0 Å². The molecule has 0 radical (unpaired) electrons. The molecule has 0 fully saturated rings. The topological polar surface area (TPSA) is 16.3 Å². The van der Waals surface area contributed by atoms with Crippen LogP contribution in [0.1, 0.15) is 0 Å². The fourth-order valence-corrected chi connectivity index (χ4v) is 20.8. The molecule has 2 heterocycles. The number of rotatable bonds is 17. The van der Waals surface area contributed by atoms with E-state index < -0.39 is 0 Å². The molecule has 0 atom stereocenters. The first-order chi connectivity index (χ1) is 65.5. The highest BCUT2D eigenvalue weighted by molar-refractivity contribution is 6.16. The maximum Gasteiger partial charge on any atom is 0.0541 e. The second-order valence-electron chi connectivity index (χ2n) is 34.5. The van der Waals surface area contributed by atoms with Crippen LogP contribution in [-0.2, 0) is 0 Å². The molecule has 2 aromatic heterocycles. The predicted octanol–water partition coefficient (Wildman–Crippen LogP) is 35.6. The summed E-state index contributed by atoms with van der Waals surface area (Å²) < 4.78 is 4.78. The van der Waals surface area contributed by atoms with E-state index in [0.29, 0.717) is 0 Å². The quantitative estimate of drug-likeness (QED) is 0.0845. The first kappa shape index (κ1) is 76.9. The summed E-state index contributed by atoms with van der Waals surface area (Å²) in [4.78, 5) is 4.81. The summed E-state index contributed by atoms with van der Waals surface area (Å²) in [6.45, 7) is 0. The monoisotopic (exact) mass is 1680 g/mol. The second kappa shape index (κ2) is 32.5. The van der Waals surface area contributed by atoms with E-state index >= 15 is 0 Å². The van der Waals surface area contributed by atoms with Gasteiger partial charge in [-0.05, 0) is 276 Å². The lowest BCUT2D eigenvalue weighted by Gasteiger charge is -2.28. The third-order valence-corrected chi connectivity index (χ3v) is 27.2. The van der Waals surface area contributed by atoms with Gasteiger partial charge >= 0.3 is 0 Å². The molecule has 0 saturated heterocycles. The third-order valence-electron chi connectivity index (χ3n) is 27.2. The van der Waals surface area contributed by atoms with Crippen molar-refractivity contribution in [2.75, 3.05) is 9.80 Å². The molecule has 0 saturated carbocycles. The minimum atomic E-state index is 1.06. The molecule has 0 aliphatic heterocycles. The van der Waals surface area contributed by atoms with E-state index in [4.69, 9.17) is 0 Å². The number of aromatic nitrogens is 2. The van der Waals surface area contributed by atoms with Crippen LogP contribution in [0.3, 0.4) is 0 Å². The number of anilines is 6. The molecule has 0 bridgehead atoms. The van der Waals surface area contributed by atoms with Gasteiger partial charge in [0.15, 0.2) is 0 Å². The fourth-order valence-electron chi connectivity index (χ4n) is 20.8. The van der Waals surface area contributed by atoms with Crippen LogP contribution in [0.4, 0.5) is 34.1 Å². The number of hydrogen-bond acceptors (Lipinski definition) is 2. The number of fused-ring (bicyclic) bond motifs is 12. The number of hydrogen-bond donors (Lipinski definition) is 0. The van der Waals surface area contributed by atoms with E-state index in [1.54, 1.807) is 0 Å². The Morgan fingerprint density at radius 3 is 0.742 bits per heavy atom. The van der Waals surface area contributed by atoms with Crippen molar-refractivity contribution in [3.05, 3.63) is 510 Å². The van der Waals surface area contributed by atoms with Gasteiger partial charge in [-0.25, -0.2) is 0 Å². The average Bonchev–Trinajstić information content (AvgIpc) is 1.57. The van der Waals surface area contributed by atoms with Crippen LogP contribution in [0.2, 0.25) is 0 Å². The highest BCUT2D eigenvalue weighted by atomic mass is 15.2. The molecular formula is C128H84N4. The first-order valence-electron chi connectivity index (χ1n) is 45.5. The molecule has 616 valence electrons. The van der Waals surface area contributed by atoms with Crippen LogP contribution in [0.5, 0.6) is 0 Å². The van der Waals surface area contributed by atoms with E-state index in [0.717, 1.165) is 62.2 Å². The molecule has 0 aliphatic carbocycles. The van der Waals surface area contributed by atoms with Crippen molar-refractivity contribution in [2.24, 2.45) is 0 Å². The van der Waals surface area contributed by atoms with Crippen LogP contribution >= 0.6 is 0 Å². The Morgan fingerprint density at radius 1 is 0.129 bits per heavy atom. The SMILES string of the molecule is c1ccc(-c2ccc(-c3ccc(N(c4ccc(-c5ccc(-c6ccc(-c7ccc8cc(-c9ccc(-c%10ccc(N(c%11ccc(-c%12ccc(-c%13ccccc%13)c%13ccccc%12%13)cc%11)c%11ccc(-n%12c%13ccccc%13c%13ccccc%13%12)cc%11)cc%10)cc9)c9ccccc9c8c7)cc6)c6ccccc56)cc4)c4ccc(-n5c6ccccc6c6ccccc65)cc4)c4ccccc34)cc2)cc1. The number of para-hydroxylation sites is 4. The molecule has 0 N–H and O–H groups in total. The lowest BCUT2D eigenvalue weighted by Crippen LogP contribution is -2.11. The van der Waals surface area contributed by atoms with Crippen molar-refractivity contribution in [1.29, 1.82) is 0 Å². The maximum atomic E-state index is 2.43. The summed E-state index contributed by atoms with van der Waals surface area (Å²) >= 11 is 0. The Balaban J connectivity index is 0.495. The lowest BCUT2D eigenvalue weighted by atomic mass is 9.90. The Hall–Kier alpha value is -17.4. The predicted molar refractivity (Wildman–Crippen MR) is 561 cm³/mol. The average molecular weight is 1680 g/mol. The standard InChI is InChI=1S/C128H84N4/c1-3-23-85(24-4-1)86-43-49-92(50-44-86)109-81-82-128(117-34-14-13-31-114(109)117)130(102-71-75-104(76-72-102)132-126-41-21-17-37-120(126)121-38-18-22-42-127(121)132)101-67-61-94(62-68-101)108-80-79-106(111-28-9-10-30-113(108)111)91-51-47-89(48-52-91)96-55-56-97-84-122(115-32-11-12-33-116(115)123(97)83-96)95-53-45-87(46-54-95)88-57-63-98(64-58-88)129(100-69-73-103(74-70-100)131-124-39-19-15-35-118(124)119-36-16-20-40-125(119)131)99-65-59-93(60-66-99)107-78-77-105(90-25-5-2-6-26-90)110-27-7-8-29-112(107)110/h1-84H. The second-order valence-corrected chi connectivity index (χ2v) is 34.5. The molecule has 4 heteroatoms. The van der Waals surface area contributed by atoms with Gasteiger partial charge in [0.05, 0.1) is 27.8 Å². The molecule has 0 spiro atoms. The van der Waals surface area contributed by atoms with Crippen LogP contribution < -0.4 is 9.80 Å². The Kier molecular flexibility index (Phi) is 18.9. The molecule has 25 rings (SSSR count). The van der Waals surface area contributed by atoms with Gasteiger partial charge in [0.2, 0.25) is 0 Å². The molecule has 4 nitrogen and oxygen atoms in total. The highest BCUT2D eigenvalue weighted by Gasteiger charge is 2.24. The highest BCUT2D eigenvalue weighted by Crippen LogP contribution is 2.48. The lowest BCUT2D eigenvalue weighted by molar-refractivity contribution is 1.17. The van der Waals surface area contributed by atoms with Gasteiger partial charge < -0.3 is 18.9 Å². The summed E-state index contributed by atoms with van der Waals surface area (Å²) in [5.74, 6) is 0. The Morgan fingerprint density at radius 2 is 0.364 bits per heavy atom. The van der Waals surface area contributed by atoms with Gasteiger partial charge in [-0.2, -0.15) is 0 Å². The minimum absolute atomic E-state index is 1.06. The third kappa shape index (κ3) is 13.5. The summed E-state index contributed by atoms with van der Waals surface area (Å²) in [5, 5.41) is 17.1. The van der Waals surface area contributed by atoms with E-state index in [1.165, 1.54) is 181 Å². The molecular weight excluding hydrogens is 1590 g/mol. The molecule has 0 amide bonds. The maximum absolute atomic E-state index is 2.43. The van der Waals surface area contributed by atoms with Gasteiger partial charge in [-0.3, -0.25) is 0 Å². The zero-order valence-corrected chi connectivity index (χ0v) is 72.3. The van der Waals surface area contributed by atoms with Crippen molar-refractivity contribution >= 4 is 132 Å². The van der Waals surface area contributed by atoms with E-state index in [2.05, 4.69) is 529 Å². The van der Waals surface area contributed by atoms with Gasteiger partial charge in [0.1, 0.15) is 0 Å². The van der Waals surface area contributed by atoms with Crippen LogP contribution in [0, 0.1) is 0 Å². The van der Waals surface area contributed by atoms with Crippen molar-refractivity contribution in [1.82, 2.24) is 9.13 Å². The molecule has 23 aromatic carbocycles. The van der Waals surface area contributed by atoms with E-state index in [1.807, 2.05) is 0 Å². The van der Waals surface area contributed by atoms with Crippen molar-refractivity contribution in [3.8, 4) is 112 Å². The molecule has 0 unspecified atom stereocenters. The van der Waals surface area contributed by atoms with Crippen LogP contribution in [0.25, 0.3) is 209 Å². The van der Waals surface area contributed by atoms with Gasteiger partial charge in [0.25, 0.3) is 0 Å². The van der Waals surface area contributed by atoms with Gasteiger partial charge in [-0.1, -0.05) is 382 Å². The van der Waals surface area contributed by atoms with Gasteiger partial charge in [0, 0.05) is 66.7 Å². The number of benzene rings is 23. The normalized spacial score (nSPS) is 11.6. The summed E-state index contributed by atoms with van der Waals surface area (Å²) in [5.41, 5.74) is 34.8. The molecule has 25 aromatic rings. The van der Waals surface area contributed by atoms with Gasteiger partial charge in [-0.15, -0.1) is 0 Å².